The lowest BCUT2D eigenvalue weighted by atomic mass is 9.89. The molecule has 0 radical (unpaired) electrons. The highest BCUT2D eigenvalue weighted by Gasteiger charge is 2.55. The Balaban J connectivity index is 1.38. The fourth-order valence-corrected chi connectivity index (χ4v) is 7.75. The van der Waals surface area contributed by atoms with Gasteiger partial charge in [-0.2, -0.15) is 19.0 Å². The number of thiazole rings is 1. The van der Waals surface area contributed by atoms with Crippen molar-refractivity contribution in [1.29, 1.82) is 0 Å². The number of para-hydroxylation sites is 1. The number of anilines is 2. The number of benzene rings is 2. The smallest absolute Gasteiger partial charge is 0.290 e. The van der Waals surface area contributed by atoms with E-state index >= 15 is 8.78 Å². The van der Waals surface area contributed by atoms with Crippen LogP contribution in [0.4, 0.5) is 46.1 Å². The average molecular weight is 808 g/mol. The molecule has 56 heavy (non-hydrogen) atoms. The van der Waals surface area contributed by atoms with Gasteiger partial charge in [-0.3, -0.25) is 14.2 Å². The Morgan fingerprint density at radius 3 is 2.38 bits per heavy atom. The Morgan fingerprint density at radius 1 is 1.00 bits per heavy atom. The molecule has 0 aliphatic heterocycles. The van der Waals surface area contributed by atoms with E-state index in [9.17, 15) is 36.2 Å². The largest absolute Gasteiger partial charge is 0.389 e. The van der Waals surface area contributed by atoms with Gasteiger partial charge in [-0.25, -0.2) is 36.3 Å². The first kappa shape index (κ1) is 38.9. The van der Waals surface area contributed by atoms with Gasteiger partial charge in [0, 0.05) is 49.0 Å². The zero-order chi connectivity index (χ0) is 40.5. The number of nitrogens with one attached hydrogen (secondary N) is 2. The highest BCUT2D eigenvalue weighted by Crippen LogP contribution is 2.52. The molecule has 1 unspecified atom stereocenters. The number of carbonyl (C=O) groups excluding carboxylic acids is 1. The van der Waals surface area contributed by atoms with Crippen molar-refractivity contribution in [2.75, 3.05) is 17.6 Å². The van der Waals surface area contributed by atoms with Gasteiger partial charge >= 0.3 is 0 Å². The monoisotopic (exact) mass is 807 g/mol. The van der Waals surface area contributed by atoms with Gasteiger partial charge < -0.3 is 21.5 Å². The number of hydrogen-bond acceptors (Lipinski definition) is 9. The maximum absolute atomic E-state index is 15.2. The van der Waals surface area contributed by atoms with Crippen LogP contribution in [0.15, 0.2) is 42.5 Å². The van der Waals surface area contributed by atoms with Gasteiger partial charge in [0.1, 0.15) is 29.6 Å². The molecule has 5 N–H and O–H groups in total. The minimum atomic E-state index is -4.07. The van der Waals surface area contributed by atoms with Gasteiger partial charge in [-0.05, 0) is 50.1 Å². The first-order valence-corrected chi connectivity index (χ1v) is 17.9. The highest BCUT2D eigenvalue weighted by molar-refractivity contribution is 7.22. The number of carbonyl (C=O) groups is 1. The normalized spacial score (nSPS) is 15.7. The summed E-state index contributed by atoms with van der Waals surface area (Å²) in [4.78, 5) is 23.2. The Kier molecular flexibility index (Phi) is 9.71. The molecule has 2 aromatic carbocycles. The summed E-state index contributed by atoms with van der Waals surface area (Å²) in [5.41, 5.74) is 2.00. The molecule has 0 saturated heterocycles. The Morgan fingerprint density at radius 2 is 1.70 bits per heavy atom. The quantitative estimate of drug-likeness (QED) is 0.0985. The molecular weight excluding hydrogens is 775 g/mol. The van der Waals surface area contributed by atoms with Crippen LogP contribution in [0.2, 0.25) is 0 Å². The number of halogens is 8. The Labute approximate surface area is 316 Å². The number of aliphatic hydroxyl groups is 1. The molecule has 1 aliphatic rings. The van der Waals surface area contributed by atoms with Gasteiger partial charge in [0.2, 0.25) is 5.91 Å². The second-order valence-corrected chi connectivity index (χ2v) is 15.2. The summed E-state index contributed by atoms with van der Waals surface area (Å²) >= 11 is 1.19. The van der Waals surface area contributed by atoms with Crippen molar-refractivity contribution in [2.24, 2.45) is 7.05 Å². The molecule has 1 amide bonds. The Hall–Kier alpha value is -5.37. The molecule has 296 valence electrons. The van der Waals surface area contributed by atoms with Crippen LogP contribution >= 0.6 is 11.3 Å². The van der Waals surface area contributed by atoms with E-state index in [1.807, 2.05) is 0 Å². The summed E-state index contributed by atoms with van der Waals surface area (Å²) < 4.78 is 119. The maximum Gasteiger partial charge on any atom is 0.290 e. The van der Waals surface area contributed by atoms with Gasteiger partial charge in [0.05, 0.1) is 33.1 Å². The summed E-state index contributed by atoms with van der Waals surface area (Å²) in [6, 6.07) is 8.14. The van der Waals surface area contributed by atoms with E-state index in [1.54, 1.807) is 45.2 Å². The second kappa shape index (κ2) is 14.0. The summed E-state index contributed by atoms with van der Waals surface area (Å²) in [6.07, 6.45) is -6.81. The van der Waals surface area contributed by atoms with E-state index in [0.717, 1.165) is 12.1 Å². The summed E-state index contributed by atoms with van der Waals surface area (Å²) in [5.74, 6) is -10.9. The molecule has 0 spiro atoms. The molecule has 4 aromatic heterocycles. The van der Waals surface area contributed by atoms with Crippen molar-refractivity contribution in [2.45, 2.75) is 69.6 Å². The summed E-state index contributed by atoms with van der Waals surface area (Å²) in [6.45, 7) is 2.08. The number of hydrogen-bond donors (Lipinski definition) is 4. The first-order chi connectivity index (χ1) is 26.2. The molecule has 20 heteroatoms. The van der Waals surface area contributed by atoms with E-state index < -0.39 is 83.8 Å². The highest BCUT2D eigenvalue weighted by atomic mass is 32.1. The first-order valence-electron chi connectivity index (χ1n) is 17.1. The van der Waals surface area contributed by atoms with Crippen LogP contribution in [0.1, 0.15) is 67.4 Å². The molecule has 1 aliphatic carbocycles. The third-order valence-corrected chi connectivity index (χ3v) is 10.2. The van der Waals surface area contributed by atoms with Crippen LogP contribution in [0.25, 0.3) is 32.4 Å². The van der Waals surface area contributed by atoms with Crippen molar-refractivity contribution in [1.82, 2.24) is 34.8 Å². The molecular formula is C36H33F8N9O2S. The van der Waals surface area contributed by atoms with Crippen LogP contribution in [0, 0.1) is 11.6 Å². The maximum atomic E-state index is 15.2. The van der Waals surface area contributed by atoms with Gasteiger partial charge in [0.25, 0.3) is 18.3 Å². The molecule has 11 nitrogen and oxygen atoms in total. The number of rotatable bonds is 11. The van der Waals surface area contributed by atoms with E-state index in [2.05, 4.69) is 25.8 Å². The lowest BCUT2D eigenvalue weighted by Gasteiger charge is -2.29. The van der Waals surface area contributed by atoms with Crippen molar-refractivity contribution in [3.8, 4) is 11.1 Å². The van der Waals surface area contributed by atoms with E-state index in [0.29, 0.717) is 37.9 Å². The van der Waals surface area contributed by atoms with Crippen LogP contribution in [0.5, 0.6) is 0 Å². The molecule has 1 atom stereocenters. The van der Waals surface area contributed by atoms with Crippen LogP contribution in [-0.2, 0) is 36.7 Å². The predicted octanol–water partition coefficient (Wildman–Crippen LogP) is 7.50. The van der Waals surface area contributed by atoms with Crippen LogP contribution < -0.4 is 16.4 Å². The SMILES string of the molecule is Cn1nc(N)c2cccc(-c3cc4sc(NCC(C)(C)O)nc4nc3C(Cc3cc(F)cc(F)c3)NC(=O)Cn3nc(C(F)F)c4c3C(F)(F)CCC4(F)F)c21. The number of amides is 1. The predicted molar refractivity (Wildman–Crippen MR) is 191 cm³/mol. The van der Waals surface area contributed by atoms with Crippen LogP contribution in [-0.4, -0.2) is 52.7 Å². The zero-order valence-corrected chi connectivity index (χ0v) is 30.6. The van der Waals surface area contributed by atoms with Crippen molar-refractivity contribution in [3.63, 3.8) is 0 Å². The zero-order valence-electron chi connectivity index (χ0n) is 29.8. The third kappa shape index (κ3) is 7.46. The molecule has 4 heterocycles. The molecule has 7 rings (SSSR count). The number of aryl methyl sites for hydroxylation is 1. The second-order valence-electron chi connectivity index (χ2n) is 14.2. The molecule has 0 bridgehead atoms. The molecule has 6 aromatic rings. The van der Waals surface area contributed by atoms with E-state index in [1.165, 1.54) is 16.0 Å². The lowest BCUT2D eigenvalue weighted by molar-refractivity contribution is -0.123. The summed E-state index contributed by atoms with van der Waals surface area (Å²) in [5, 5.41) is 24.5. The molecule has 0 saturated carbocycles. The minimum absolute atomic E-state index is 0.0251. The van der Waals surface area contributed by atoms with Gasteiger partial charge in [0.15, 0.2) is 16.6 Å². The van der Waals surface area contributed by atoms with E-state index in [4.69, 9.17) is 10.7 Å². The number of nitrogen functional groups attached to an aromatic ring is 1. The van der Waals surface area contributed by atoms with Gasteiger partial charge in [-0.1, -0.05) is 23.5 Å². The van der Waals surface area contributed by atoms with Crippen molar-refractivity contribution < 1.29 is 45.0 Å². The number of nitrogens with two attached hydrogens (primary N) is 1. The number of pyridine rings is 1. The fraction of sp³-hybridized carbons (Fsp3) is 0.361. The number of alkyl halides is 6. The van der Waals surface area contributed by atoms with Crippen molar-refractivity contribution >= 4 is 49.4 Å². The topological polar surface area (TPSA) is 149 Å². The van der Waals surface area contributed by atoms with Crippen LogP contribution in [0.3, 0.4) is 0 Å². The third-order valence-electron chi connectivity index (χ3n) is 9.24. The standard InChI is InChI=1S/C36H33F8N9O2S/c1-34(2,55)15-46-33-49-32-23(56-33)13-21(19-5-4-6-20-28(19)52(3)51-31(20)45)26(48-32)22(11-16-9-17(37)12-18(38)10-16)47-24(54)14-53-29-25(27(50-53)30(39)40)35(41,42)7-8-36(29,43)44/h4-6,9-10,12-13,22,30,55H,7-8,11,14-15H2,1-3H3,(H2,45,51)(H,47,54)(H,46,48,49). The number of fused-ring (bicyclic) bond motifs is 3. The fourth-order valence-electron chi connectivity index (χ4n) is 6.90. The molecule has 0 fully saturated rings. The van der Waals surface area contributed by atoms with Crippen molar-refractivity contribution in [3.05, 3.63) is 82.3 Å². The Bertz CT molecular complexity index is 2470. The van der Waals surface area contributed by atoms with Gasteiger partial charge in [-0.15, -0.1) is 0 Å². The number of nitrogens with zero attached hydrogens (tertiary/aromatic N) is 6. The average Bonchev–Trinajstić information content (AvgIpc) is 3.78. The number of aromatic nitrogens is 6. The minimum Gasteiger partial charge on any atom is -0.389 e. The lowest BCUT2D eigenvalue weighted by Crippen LogP contribution is -2.37. The van der Waals surface area contributed by atoms with E-state index in [-0.39, 0.29) is 40.4 Å². The summed E-state index contributed by atoms with van der Waals surface area (Å²) in [7, 11) is 1.64.